The number of piperazine rings is 1. The van der Waals surface area contributed by atoms with Gasteiger partial charge in [0.1, 0.15) is 5.52 Å². The molecular formula is C24H26Cl3N5O2. The highest BCUT2D eigenvalue weighted by molar-refractivity contribution is 6.35. The number of fused-ring (bicyclic) bond motifs is 3. The van der Waals surface area contributed by atoms with Crippen LogP contribution in [0.25, 0.3) is 16.7 Å². The Hall–Kier alpha value is -2.45. The number of nitrogens with one attached hydrogen (secondary N) is 1. The molecule has 34 heavy (non-hydrogen) atoms. The van der Waals surface area contributed by atoms with Crippen LogP contribution in [0.3, 0.4) is 0 Å². The second-order valence-electron chi connectivity index (χ2n) is 8.38. The van der Waals surface area contributed by atoms with Crippen molar-refractivity contribution in [3.63, 3.8) is 0 Å². The van der Waals surface area contributed by atoms with Crippen molar-refractivity contribution in [2.24, 2.45) is 0 Å². The second kappa shape index (κ2) is 10.4. The van der Waals surface area contributed by atoms with E-state index in [4.69, 9.17) is 27.9 Å². The Morgan fingerprint density at radius 3 is 2.50 bits per heavy atom. The van der Waals surface area contributed by atoms with Gasteiger partial charge in [-0.3, -0.25) is 9.20 Å². The fourth-order valence-corrected chi connectivity index (χ4v) is 5.19. The molecule has 1 aromatic carbocycles. The molecule has 1 aliphatic rings. The summed E-state index contributed by atoms with van der Waals surface area (Å²) in [5.41, 5.74) is 3.27. The first-order chi connectivity index (χ1) is 16.0. The normalized spacial score (nSPS) is 14.5. The topological polar surface area (TPSA) is 56.2 Å². The van der Waals surface area contributed by atoms with Crippen molar-refractivity contribution in [3.8, 4) is 5.88 Å². The van der Waals surface area contributed by atoms with Crippen LogP contribution in [-0.4, -0.2) is 53.8 Å². The van der Waals surface area contributed by atoms with E-state index < -0.39 is 0 Å². The number of halogens is 3. The van der Waals surface area contributed by atoms with Gasteiger partial charge in [-0.15, -0.1) is 0 Å². The van der Waals surface area contributed by atoms with E-state index in [0.717, 1.165) is 56.0 Å². The molecule has 0 aliphatic carbocycles. The first-order valence-electron chi connectivity index (χ1n) is 11.1. The Kier molecular flexibility index (Phi) is 7.57. The maximum absolute atomic E-state index is 13.1. The minimum Gasteiger partial charge on any atom is -1.00 e. The van der Waals surface area contributed by atoms with E-state index in [1.54, 1.807) is 24.1 Å². The minimum absolute atomic E-state index is 0. The third kappa shape index (κ3) is 4.84. The summed E-state index contributed by atoms with van der Waals surface area (Å²) in [6.07, 6.45) is 2.78. The summed E-state index contributed by atoms with van der Waals surface area (Å²) in [6.45, 7) is 5.64. The zero-order chi connectivity index (χ0) is 22.9. The lowest BCUT2D eigenvalue weighted by atomic mass is 10.2. The molecule has 3 aromatic heterocycles. The molecule has 0 saturated carbocycles. The number of methoxy groups -OCH3 is 1. The van der Waals surface area contributed by atoms with Crippen LogP contribution in [0.4, 0.5) is 5.69 Å². The van der Waals surface area contributed by atoms with Gasteiger partial charge in [-0.25, -0.2) is 0 Å². The van der Waals surface area contributed by atoms with Crippen LogP contribution in [0.2, 0.25) is 10.0 Å². The van der Waals surface area contributed by atoms with Crippen LogP contribution < -0.4 is 32.5 Å². The van der Waals surface area contributed by atoms with Crippen LogP contribution >= 0.6 is 23.2 Å². The number of aryl methyl sites for hydroxylation is 1. The number of hydrogen-bond donors (Lipinski definition) is 1. The smallest absolute Gasteiger partial charge is 0.275 e. The fourth-order valence-electron chi connectivity index (χ4n) is 4.68. The predicted molar refractivity (Wildman–Crippen MR) is 132 cm³/mol. The van der Waals surface area contributed by atoms with Crippen molar-refractivity contribution < 1.29 is 22.0 Å². The molecule has 1 N–H and O–H groups in total. The van der Waals surface area contributed by atoms with Gasteiger partial charge in [0.25, 0.3) is 5.56 Å². The first-order valence-corrected chi connectivity index (χ1v) is 11.9. The Morgan fingerprint density at radius 2 is 1.79 bits per heavy atom. The number of benzene rings is 1. The number of hydrogen-bond acceptors (Lipinski definition) is 4. The molecule has 1 saturated heterocycles. The van der Waals surface area contributed by atoms with Gasteiger partial charge in [0.15, 0.2) is 5.65 Å². The molecule has 7 nitrogen and oxygen atoms in total. The molecule has 1 fully saturated rings. The molecule has 0 unspecified atom stereocenters. The van der Waals surface area contributed by atoms with Gasteiger partial charge in [0.05, 0.1) is 45.4 Å². The van der Waals surface area contributed by atoms with E-state index in [1.165, 1.54) is 0 Å². The van der Waals surface area contributed by atoms with Crippen molar-refractivity contribution in [2.75, 3.05) is 44.7 Å². The van der Waals surface area contributed by atoms with Crippen molar-refractivity contribution in [1.29, 1.82) is 0 Å². The summed E-state index contributed by atoms with van der Waals surface area (Å²) in [4.78, 5) is 21.6. The van der Waals surface area contributed by atoms with Crippen LogP contribution in [0.15, 0.2) is 53.5 Å². The van der Waals surface area contributed by atoms with Gasteiger partial charge in [-0.1, -0.05) is 23.2 Å². The number of quaternary nitrogens is 1. The first kappa shape index (κ1) is 24.7. The summed E-state index contributed by atoms with van der Waals surface area (Å²) < 4.78 is 8.98. The molecule has 180 valence electrons. The summed E-state index contributed by atoms with van der Waals surface area (Å²) in [7, 11) is 1.60. The average Bonchev–Trinajstić information content (AvgIpc) is 3.31. The molecule has 0 amide bonds. The average molecular weight is 523 g/mol. The highest BCUT2D eigenvalue weighted by atomic mass is 35.5. The van der Waals surface area contributed by atoms with E-state index >= 15 is 0 Å². The standard InChI is InChI=1S/C24H25Cl2N5O2.ClH/c1-33-22-6-5-20-23(27-22)30-8-2-4-21(30)24(32)31(20)9-3-7-28-10-12-29(13-11-28)19-15-17(25)14-18(26)16-19;/h2,4-6,8,14-16H,3,7,9-13H2,1H3;1H. The van der Waals surface area contributed by atoms with E-state index in [0.29, 0.717) is 28.0 Å². The maximum atomic E-state index is 13.1. The van der Waals surface area contributed by atoms with E-state index in [1.807, 2.05) is 45.5 Å². The zero-order valence-corrected chi connectivity index (χ0v) is 21.1. The van der Waals surface area contributed by atoms with E-state index in [2.05, 4.69) is 9.88 Å². The Bertz CT molecular complexity index is 1340. The summed E-state index contributed by atoms with van der Waals surface area (Å²) in [5.74, 6) is 0.533. The lowest BCUT2D eigenvalue weighted by Gasteiger charge is -2.34. The van der Waals surface area contributed by atoms with Crippen LogP contribution in [0.1, 0.15) is 6.42 Å². The molecule has 0 bridgehead atoms. The largest absolute Gasteiger partial charge is 1.00 e. The van der Waals surface area contributed by atoms with Gasteiger partial charge in [0.2, 0.25) is 5.88 Å². The monoisotopic (exact) mass is 521 g/mol. The number of ether oxygens (including phenoxy) is 1. The van der Waals surface area contributed by atoms with Crippen LogP contribution in [0, 0.1) is 0 Å². The third-order valence-corrected chi connectivity index (χ3v) is 6.80. The van der Waals surface area contributed by atoms with Gasteiger partial charge in [-0.2, -0.15) is 4.98 Å². The molecular weight excluding hydrogens is 497 g/mol. The molecule has 5 rings (SSSR count). The molecule has 4 aromatic rings. The lowest BCUT2D eigenvalue weighted by Crippen LogP contribution is -3.14. The lowest BCUT2D eigenvalue weighted by molar-refractivity contribution is -0.900. The molecule has 0 atom stereocenters. The second-order valence-corrected chi connectivity index (χ2v) is 9.26. The summed E-state index contributed by atoms with van der Waals surface area (Å²) in [6, 6.07) is 13.1. The Balaban J connectivity index is 0.00000274. The van der Waals surface area contributed by atoms with Gasteiger partial charge in [0, 0.05) is 41.0 Å². The van der Waals surface area contributed by atoms with Crippen molar-refractivity contribution in [1.82, 2.24) is 14.0 Å². The molecule has 0 radical (unpaired) electrons. The number of aromatic nitrogens is 3. The van der Waals surface area contributed by atoms with E-state index in [-0.39, 0.29) is 18.0 Å². The minimum atomic E-state index is 0. The van der Waals surface area contributed by atoms with Gasteiger partial charge in [-0.05, 0) is 36.4 Å². The van der Waals surface area contributed by atoms with Gasteiger partial charge < -0.3 is 31.5 Å². The van der Waals surface area contributed by atoms with Crippen molar-refractivity contribution in [2.45, 2.75) is 13.0 Å². The highest BCUT2D eigenvalue weighted by Crippen LogP contribution is 2.25. The van der Waals surface area contributed by atoms with Crippen LogP contribution in [0.5, 0.6) is 5.88 Å². The summed E-state index contributed by atoms with van der Waals surface area (Å²) in [5, 5.41) is 1.33. The quantitative estimate of drug-likeness (QED) is 0.380. The van der Waals surface area contributed by atoms with Gasteiger partial charge >= 0.3 is 0 Å². The number of rotatable bonds is 6. The fraction of sp³-hybridized carbons (Fsp3) is 0.333. The molecule has 0 spiro atoms. The Morgan fingerprint density at radius 1 is 1.06 bits per heavy atom. The van der Waals surface area contributed by atoms with E-state index in [9.17, 15) is 4.79 Å². The summed E-state index contributed by atoms with van der Waals surface area (Å²) >= 11 is 12.3. The number of pyridine rings is 1. The molecule has 4 heterocycles. The SMILES string of the molecule is COc1ccc2c(n1)n1cccc1c(=O)n2CCC[NH+]1CCN(c2cc(Cl)cc(Cl)c2)CC1.[Cl-]. The number of anilines is 1. The third-order valence-electron chi connectivity index (χ3n) is 6.37. The predicted octanol–water partition coefficient (Wildman–Crippen LogP) is -0.236. The number of nitrogens with zero attached hydrogens (tertiary/aromatic N) is 4. The molecule has 10 heteroatoms. The van der Waals surface area contributed by atoms with Crippen molar-refractivity contribution >= 4 is 45.6 Å². The van der Waals surface area contributed by atoms with Crippen LogP contribution in [-0.2, 0) is 6.54 Å². The van der Waals surface area contributed by atoms with Crippen molar-refractivity contribution in [3.05, 3.63) is 69.1 Å². The molecule has 1 aliphatic heterocycles. The highest BCUT2D eigenvalue weighted by Gasteiger charge is 2.21. The zero-order valence-electron chi connectivity index (χ0n) is 18.8. The maximum Gasteiger partial charge on any atom is 0.275 e. The Labute approximate surface area is 213 Å².